The van der Waals surface area contributed by atoms with E-state index in [4.69, 9.17) is 9.47 Å². The molecular weight excluding hydrogens is 1440 g/mol. The average Bonchev–Trinajstić information content (AvgIpc) is 1.67. The van der Waals surface area contributed by atoms with Crippen LogP contribution >= 0.6 is 0 Å². The highest BCUT2D eigenvalue weighted by atomic mass is 35.5. The molecule has 111 heavy (non-hydrogen) atoms. The molecule has 8 amide bonds. The number of ether oxygens (including phenoxy) is 2. The van der Waals surface area contributed by atoms with Gasteiger partial charge in [0.25, 0.3) is 0 Å². The Bertz CT molecular complexity index is 4160. The smallest absolute Gasteiger partial charge is 0.246 e. The molecule has 9 atom stereocenters. The molecule has 0 saturated carbocycles. The second kappa shape index (κ2) is 39.8. The predicted molar refractivity (Wildman–Crippen MR) is 412 cm³/mol. The number of ketones is 4. The van der Waals surface area contributed by atoms with E-state index in [-0.39, 0.29) is 132 Å². The number of hydrogen-bond donors (Lipinski definition) is 5. The Balaban J connectivity index is 0.0000142. The standard InChI is InChI=1S/C85H111FN10O14.ClH/c1-55-44-66(98)31-36-77(102)93-40-13-9-8-12-39-92-53-63(68-50-64(86)29-35-72(68)92)48-62-49-73(99)70(90-81(105)69(89-79(55)103)34-30-65(97)21-11-10-14-43-96(4,5)6)47-60-19-15-20-61(45-60)51-87-76(101)54-110-74-37-42-94(83(62)107)78(74)82(106)88-56(2)80(104)91-71(46-58-27-32-67(109-7)33-28-58)84(108)95-41-17-38-85(95,3)75(100)22-16-18-57-23-25-59(52-93)26-24-57;/h15,19-20,23-29,32-33,35,45,50,53,55-56,62,69-71,74,78H,8-14,16-18,21-22,30-31,34,36-44,46-49,51-52,54H2,1-7H3,(H4-,87,88,89,90,91,101,103,104,105,106);1H/t55-,56+,62-,69-,70+,71+,74+,78+,85+;/m1./s1. The van der Waals surface area contributed by atoms with Crippen LogP contribution in [0.1, 0.15) is 176 Å². The summed E-state index contributed by atoms with van der Waals surface area (Å²) in [6, 6.07) is 19.1. The second-order valence-electron chi connectivity index (χ2n) is 32.2. The molecule has 5 N–H and O–H groups in total. The van der Waals surface area contributed by atoms with Crippen molar-refractivity contribution in [2.45, 2.75) is 230 Å². The Morgan fingerprint density at radius 2 is 1.39 bits per heavy atom. The third-order valence-corrected chi connectivity index (χ3v) is 22.5. The van der Waals surface area contributed by atoms with Gasteiger partial charge in [-0.2, -0.15) is 0 Å². The summed E-state index contributed by atoms with van der Waals surface area (Å²) in [5.74, 6) is -8.81. The number of fused-ring (bicyclic) bond motifs is 16. The molecule has 5 aromatic rings. The molecule has 0 spiro atoms. The van der Waals surface area contributed by atoms with Crippen molar-refractivity contribution in [3.8, 4) is 5.75 Å². The zero-order valence-corrected chi connectivity index (χ0v) is 66.2. The van der Waals surface area contributed by atoms with Gasteiger partial charge in [-0.15, -0.1) is 0 Å². The summed E-state index contributed by atoms with van der Waals surface area (Å²) < 4.78 is 30.3. The van der Waals surface area contributed by atoms with Crippen molar-refractivity contribution >= 4 is 81.3 Å². The number of unbranched alkanes of at least 4 members (excludes halogenated alkanes) is 2. The maximum atomic E-state index is 16.2. The van der Waals surface area contributed by atoms with Crippen molar-refractivity contribution in [2.75, 3.05) is 61.0 Å². The molecule has 0 unspecified atom stereocenters. The summed E-state index contributed by atoms with van der Waals surface area (Å²) in [5, 5.41) is 14.8. The van der Waals surface area contributed by atoms with Crippen LogP contribution < -0.4 is 43.7 Å². The number of carbonyl (C=O) groups excluding carboxylic acids is 12. The minimum atomic E-state index is -1.54. The molecule has 26 heteroatoms. The lowest BCUT2D eigenvalue weighted by atomic mass is 9.88. The lowest BCUT2D eigenvalue weighted by Crippen LogP contribution is -3.00. The minimum absolute atomic E-state index is 0. The van der Waals surface area contributed by atoms with Crippen LogP contribution in [0.4, 0.5) is 4.39 Å². The topological polar surface area (TPSA) is 298 Å². The van der Waals surface area contributed by atoms with E-state index in [0.29, 0.717) is 103 Å². The highest BCUT2D eigenvalue weighted by Gasteiger charge is 2.49. The van der Waals surface area contributed by atoms with E-state index >= 15 is 28.4 Å². The van der Waals surface area contributed by atoms with Gasteiger partial charge in [-0.05, 0) is 161 Å². The third kappa shape index (κ3) is 23.7. The van der Waals surface area contributed by atoms with Gasteiger partial charge >= 0.3 is 0 Å². The molecule has 2 saturated heterocycles. The first-order chi connectivity index (χ1) is 52.6. The van der Waals surface area contributed by atoms with E-state index < -0.39 is 120 Å². The summed E-state index contributed by atoms with van der Waals surface area (Å²) in [5.41, 5.74) is 3.52. The molecule has 0 aliphatic carbocycles. The van der Waals surface area contributed by atoms with Crippen molar-refractivity contribution in [1.82, 2.24) is 45.9 Å². The van der Waals surface area contributed by atoms with E-state index in [1.165, 1.54) is 31.1 Å². The number of carbonyl (C=O) groups is 12. The molecule has 7 heterocycles. The van der Waals surface area contributed by atoms with E-state index in [1.54, 1.807) is 78.2 Å². The van der Waals surface area contributed by atoms with Crippen molar-refractivity contribution in [1.29, 1.82) is 0 Å². The highest BCUT2D eigenvalue weighted by molar-refractivity contribution is 6.00. The number of halogens is 2. The molecule has 24 nitrogen and oxygen atoms in total. The number of aryl methyl sites for hydroxylation is 2. The fraction of sp³-hybridized carbons (Fsp3) is 0.553. The third-order valence-electron chi connectivity index (χ3n) is 22.5. The largest absolute Gasteiger partial charge is 1.00 e. The molecule has 0 radical (unpaired) electrons. The van der Waals surface area contributed by atoms with Crippen LogP contribution in [0, 0.1) is 17.7 Å². The number of rotatable bonds is 12. The van der Waals surface area contributed by atoms with Crippen LogP contribution in [0.25, 0.3) is 10.9 Å². The number of nitrogens with one attached hydrogen (secondary N) is 5. The Labute approximate surface area is 657 Å². The van der Waals surface area contributed by atoms with Crippen molar-refractivity contribution < 1.29 is 88.3 Å². The summed E-state index contributed by atoms with van der Waals surface area (Å²) in [4.78, 5) is 183. The number of amides is 8. The van der Waals surface area contributed by atoms with Crippen LogP contribution in [0.5, 0.6) is 5.75 Å². The number of hydrogen-bond acceptors (Lipinski definition) is 14. The Morgan fingerprint density at radius 3 is 2.14 bits per heavy atom. The number of methoxy groups -OCH3 is 1. The van der Waals surface area contributed by atoms with E-state index in [1.807, 2.05) is 35.0 Å². The Kier molecular flexibility index (Phi) is 30.8. The fourth-order valence-electron chi connectivity index (χ4n) is 16.0. The Morgan fingerprint density at radius 1 is 0.658 bits per heavy atom. The summed E-state index contributed by atoms with van der Waals surface area (Å²) >= 11 is 0. The molecule has 11 rings (SSSR count). The van der Waals surface area contributed by atoms with Crippen molar-refractivity contribution in [2.24, 2.45) is 11.8 Å². The number of benzene rings is 4. The van der Waals surface area contributed by atoms with Gasteiger partial charge in [0.15, 0.2) is 11.6 Å². The van der Waals surface area contributed by atoms with Crippen LogP contribution in [-0.4, -0.2) is 197 Å². The van der Waals surface area contributed by atoms with Crippen molar-refractivity contribution in [3.05, 3.63) is 136 Å². The van der Waals surface area contributed by atoms with Gasteiger partial charge in [0.1, 0.15) is 53.9 Å². The Hall–Kier alpha value is -9.20. The first kappa shape index (κ1) is 85.8. The maximum Gasteiger partial charge on any atom is 0.246 e. The van der Waals surface area contributed by atoms with Crippen LogP contribution in [0.15, 0.2) is 97.2 Å². The van der Waals surface area contributed by atoms with Gasteiger partial charge in [0, 0.05) is 120 Å². The minimum Gasteiger partial charge on any atom is -1.00 e. The van der Waals surface area contributed by atoms with Crippen LogP contribution in [0.2, 0.25) is 0 Å². The number of nitrogens with zero attached hydrogens (tertiary/aromatic N) is 5. The molecule has 1 aromatic heterocycles. The van der Waals surface area contributed by atoms with E-state index in [9.17, 15) is 33.6 Å². The van der Waals surface area contributed by atoms with Gasteiger partial charge in [-0.1, -0.05) is 80.4 Å². The molecule has 6 aliphatic rings. The molecule has 12 bridgehead atoms. The maximum absolute atomic E-state index is 16.2. The SMILES string of the molecule is COc1ccc(C[C@@H]2NC(=O)[C@H](C)NC(=O)[C@@H]3[C@@H]4CCN3C(=O)[C@H]3CC(=O)[C@H](Cc5cccc(c5)CNC(=O)CO4)NC(=O)[C@@H](CCC(=O)CCCCC[N+](C)(C)C)NC(=O)[C@H](C)CC(=O)CCC(=O)N(CCCCCCn4cc(c5cc(F)ccc54)C3)Cc3ccc(cc3)CCCC(=O)[C@]3(C)CCCN3C2=O)cc1.[Cl-]. The quantitative estimate of drug-likeness (QED) is 0.0825. The average molecular weight is 1550 g/mol. The molecule has 600 valence electrons. The van der Waals surface area contributed by atoms with Gasteiger partial charge in [-0.3, -0.25) is 57.5 Å². The van der Waals surface area contributed by atoms with Gasteiger partial charge < -0.3 is 72.2 Å². The monoisotopic (exact) mass is 1550 g/mol. The van der Waals surface area contributed by atoms with Crippen LogP contribution in [-0.2, 0) is 108 Å². The number of Topliss-reactive ketones (excluding diaryl/α,β-unsaturated/α-hetero) is 4. The van der Waals surface area contributed by atoms with Gasteiger partial charge in [-0.25, -0.2) is 4.39 Å². The molecule has 4 aromatic carbocycles. The van der Waals surface area contributed by atoms with Crippen molar-refractivity contribution in [3.63, 3.8) is 0 Å². The predicted octanol–water partition coefficient (Wildman–Crippen LogP) is 4.85. The lowest BCUT2D eigenvalue weighted by Gasteiger charge is -2.37. The summed E-state index contributed by atoms with van der Waals surface area (Å²) in [6.07, 6.45) is 6.11. The molecule has 6 aliphatic heterocycles. The summed E-state index contributed by atoms with van der Waals surface area (Å²) in [6.45, 7) is 6.23. The summed E-state index contributed by atoms with van der Waals surface area (Å²) in [7, 11) is 7.81. The number of aromatic nitrogens is 1. The zero-order valence-electron chi connectivity index (χ0n) is 65.5. The molecular formula is C85H112ClFN10O14. The molecule has 2 fully saturated rings. The lowest BCUT2D eigenvalue weighted by molar-refractivity contribution is -0.870. The first-order valence-corrected chi connectivity index (χ1v) is 39.6. The van der Waals surface area contributed by atoms with E-state index in [0.717, 1.165) is 41.4 Å². The van der Waals surface area contributed by atoms with Gasteiger partial charge in [0.2, 0.25) is 47.3 Å². The van der Waals surface area contributed by atoms with Gasteiger partial charge in [0.05, 0.1) is 52.5 Å². The normalized spacial score (nSPS) is 24.9. The first-order valence-electron chi connectivity index (χ1n) is 39.6. The fourth-order valence-corrected chi connectivity index (χ4v) is 16.0. The van der Waals surface area contributed by atoms with Crippen LogP contribution in [0.3, 0.4) is 0 Å². The number of quaternary nitrogens is 1. The zero-order chi connectivity index (χ0) is 78.8. The second-order valence-corrected chi connectivity index (χ2v) is 32.2. The van der Waals surface area contributed by atoms with E-state index in [2.05, 4.69) is 47.7 Å². The highest BCUT2D eigenvalue weighted by Crippen LogP contribution is 2.35.